The van der Waals surface area contributed by atoms with Crippen LogP contribution >= 0.6 is 12.2 Å². The molecule has 0 aliphatic heterocycles. The average Bonchev–Trinajstić information content (AvgIpc) is 2.64. The van der Waals surface area contributed by atoms with E-state index in [1.807, 2.05) is 0 Å². The van der Waals surface area contributed by atoms with Crippen molar-refractivity contribution in [2.75, 3.05) is 0 Å². The van der Waals surface area contributed by atoms with E-state index in [1.165, 1.54) is 146 Å². The monoisotopic (exact) mass is 382 g/mol. The molecule has 0 unspecified atom stereocenters. The third kappa shape index (κ3) is 22.1. The van der Waals surface area contributed by atoms with Crippen LogP contribution in [-0.4, -0.2) is 4.86 Å². The number of hydrogen-bond donors (Lipinski definition) is 0. The molecule has 0 N–H and O–H groups in total. The number of rotatable bonds is 22. The molecule has 0 saturated heterocycles. The molecule has 0 bridgehead atoms. The van der Waals surface area contributed by atoms with E-state index in [2.05, 4.69) is 13.8 Å². The van der Waals surface area contributed by atoms with Crippen molar-refractivity contribution in [3.63, 3.8) is 0 Å². The Balaban J connectivity index is 3.13. The van der Waals surface area contributed by atoms with Crippen LogP contribution in [0.1, 0.15) is 155 Å². The van der Waals surface area contributed by atoms with E-state index in [0.29, 0.717) is 0 Å². The molecule has 156 valence electrons. The molecule has 0 aliphatic carbocycles. The fourth-order valence-electron chi connectivity index (χ4n) is 3.74. The molecule has 0 spiro atoms. The first-order chi connectivity index (χ1) is 12.8. The topological polar surface area (TPSA) is 0 Å². The molecule has 26 heavy (non-hydrogen) atoms. The minimum Gasteiger partial charge on any atom is -0.0897 e. The van der Waals surface area contributed by atoms with Crippen LogP contribution in [-0.2, 0) is 0 Å². The summed E-state index contributed by atoms with van der Waals surface area (Å²) in [7, 11) is 0. The largest absolute Gasteiger partial charge is 0.0897 e. The van der Waals surface area contributed by atoms with Gasteiger partial charge >= 0.3 is 0 Å². The first-order valence-corrected chi connectivity index (χ1v) is 12.7. The van der Waals surface area contributed by atoms with Gasteiger partial charge in [-0.2, -0.15) is 0 Å². The molecule has 0 amide bonds. The smallest absolute Gasteiger partial charge is 0.00715 e. The highest BCUT2D eigenvalue weighted by atomic mass is 32.1. The van der Waals surface area contributed by atoms with Crippen LogP contribution < -0.4 is 0 Å². The van der Waals surface area contributed by atoms with Crippen LogP contribution in [0.15, 0.2) is 0 Å². The van der Waals surface area contributed by atoms with Crippen molar-refractivity contribution < 1.29 is 0 Å². The summed E-state index contributed by atoms with van der Waals surface area (Å²) in [5.74, 6) is 0. The van der Waals surface area contributed by atoms with E-state index >= 15 is 0 Å². The summed E-state index contributed by atoms with van der Waals surface area (Å²) in [6, 6.07) is 0. The van der Waals surface area contributed by atoms with Gasteiger partial charge in [0.25, 0.3) is 0 Å². The van der Waals surface area contributed by atoms with Gasteiger partial charge in [0.2, 0.25) is 0 Å². The molecule has 0 aliphatic rings. The number of unbranched alkanes of at least 4 members (excludes halogenated alkanes) is 18. The van der Waals surface area contributed by atoms with Crippen molar-refractivity contribution in [3.8, 4) is 0 Å². The fraction of sp³-hybridized carbons (Fsp3) is 0.960. The predicted molar refractivity (Wildman–Crippen MR) is 126 cm³/mol. The quantitative estimate of drug-likeness (QED) is 0.132. The van der Waals surface area contributed by atoms with Crippen LogP contribution in [0.4, 0.5) is 0 Å². The van der Waals surface area contributed by atoms with Crippen molar-refractivity contribution in [1.29, 1.82) is 0 Å². The van der Waals surface area contributed by atoms with Gasteiger partial charge in [-0.25, -0.2) is 0 Å². The van der Waals surface area contributed by atoms with Gasteiger partial charge in [-0.3, -0.25) is 0 Å². The second-order valence-electron chi connectivity index (χ2n) is 8.40. The van der Waals surface area contributed by atoms with Crippen molar-refractivity contribution in [3.05, 3.63) is 0 Å². The Morgan fingerprint density at radius 3 is 0.885 bits per heavy atom. The van der Waals surface area contributed by atoms with Crippen molar-refractivity contribution in [2.24, 2.45) is 0 Å². The van der Waals surface area contributed by atoms with Crippen LogP contribution in [0.2, 0.25) is 0 Å². The van der Waals surface area contributed by atoms with E-state index in [-0.39, 0.29) is 0 Å². The SMILES string of the molecule is CCCCCCCCCCCCC(=S)CCCCCCCCCCCC. The molecule has 1 heteroatoms. The second-order valence-corrected chi connectivity index (χ2v) is 8.98. The van der Waals surface area contributed by atoms with Crippen LogP contribution in [0.3, 0.4) is 0 Å². The lowest BCUT2D eigenvalue weighted by molar-refractivity contribution is 0.556. The Hall–Kier alpha value is 0.0900. The van der Waals surface area contributed by atoms with Crippen LogP contribution in [0, 0.1) is 0 Å². The minimum atomic E-state index is 1.21. The minimum absolute atomic E-state index is 1.21. The van der Waals surface area contributed by atoms with E-state index < -0.39 is 0 Å². The van der Waals surface area contributed by atoms with Crippen molar-refractivity contribution >= 4 is 17.1 Å². The summed E-state index contributed by atoms with van der Waals surface area (Å²) >= 11 is 5.57. The lowest BCUT2D eigenvalue weighted by Gasteiger charge is -2.05. The Labute approximate surface area is 172 Å². The predicted octanol–water partition coefficient (Wildman–Crippen LogP) is 9.98. The molecule has 0 aromatic heterocycles. The lowest BCUT2D eigenvalue weighted by Crippen LogP contribution is -1.95. The van der Waals surface area contributed by atoms with E-state index in [9.17, 15) is 0 Å². The third-order valence-corrected chi connectivity index (χ3v) is 6.03. The Bertz CT molecular complexity index is 245. The van der Waals surface area contributed by atoms with E-state index in [0.717, 1.165) is 0 Å². The summed E-state index contributed by atoms with van der Waals surface area (Å²) in [5.41, 5.74) is 0. The molecule has 0 radical (unpaired) electrons. The molecule has 0 saturated carbocycles. The van der Waals surface area contributed by atoms with E-state index in [1.54, 1.807) is 0 Å². The third-order valence-electron chi connectivity index (χ3n) is 5.62. The van der Waals surface area contributed by atoms with Gasteiger partial charge in [-0.05, 0) is 30.5 Å². The maximum absolute atomic E-state index is 5.57. The maximum Gasteiger partial charge on any atom is -0.00715 e. The highest BCUT2D eigenvalue weighted by Gasteiger charge is 1.99. The Morgan fingerprint density at radius 2 is 0.615 bits per heavy atom. The maximum atomic E-state index is 5.57. The van der Waals surface area contributed by atoms with Gasteiger partial charge in [-0.1, -0.05) is 142 Å². The molecule has 0 atom stereocenters. The molecule has 0 fully saturated rings. The van der Waals surface area contributed by atoms with Crippen LogP contribution in [0.25, 0.3) is 0 Å². The molecular formula is C25H50S. The molecule has 0 aromatic rings. The van der Waals surface area contributed by atoms with Crippen molar-refractivity contribution in [2.45, 2.75) is 155 Å². The summed E-state index contributed by atoms with van der Waals surface area (Å²) in [6.45, 7) is 4.59. The van der Waals surface area contributed by atoms with E-state index in [4.69, 9.17) is 12.2 Å². The zero-order valence-corrected chi connectivity index (χ0v) is 19.3. The Kier molecular flexibility index (Phi) is 23.2. The second kappa shape index (κ2) is 23.1. The summed E-state index contributed by atoms with van der Waals surface area (Å²) in [4.78, 5) is 1.35. The molecular weight excluding hydrogens is 332 g/mol. The lowest BCUT2D eigenvalue weighted by atomic mass is 10.0. The highest BCUT2D eigenvalue weighted by Crippen LogP contribution is 2.14. The van der Waals surface area contributed by atoms with Gasteiger partial charge in [0.15, 0.2) is 0 Å². The number of hydrogen-bond acceptors (Lipinski definition) is 1. The summed E-state index contributed by atoms with van der Waals surface area (Å²) < 4.78 is 0. The summed E-state index contributed by atoms with van der Waals surface area (Å²) in [6.07, 6.45) is 30.8. The summed E-state index contributed by atoms with van der Waals surface area (Å²) in [5, 5.41) is 0. The molecule has 0 nitrogen and oxygen atoms in total. The normalized spacial score (nSPS) is 11.2. The van der Waals surface area contributed by atoms with Gasteiger partial charge < -0.3 is 0 Å². The molecule has 0 rings (SSSR count). The molecule has 0 heterocycles. The number of thiocarbonyl (C=S) groups is 1. The first kappa shape index (κ1) is 26.1. The average molecular weight is 383 g/mol. The first-order valence-electron chi connectivity index (χ1n) is 12.3. The van der Waals surface area contributed by atoms with Crippen LogP contribution in [0.5, 0.6) is 0 Å². The molecule has 0 aromatic carbocycles. The van der Waals surface area contributed by atoms with Gasteiger partial charge in [0.05, 0.1) is 0 Å². The Morgan fingerprint density at radius 1 is 0.385 bits per heavy atom. The fourth-order valence-corrected chi connectivity index (χ4v) is 4.03. The van der Waals surface area contributed by atoms with Crippen molar-refractivity contribution in [1.82, 2.24) is 0 Å². The zero-order valence-electron chi connectivity index (χ0n) is 18.5. The van der Waals surface area contributed by atoms with Gasteiger partial charge in [0.1, 0.15) is 0 Å². The van der Waals surface area contributed by atoms with Gasteiger partial charge in [0, 0.05) is 0 Å². The highest BCUT2D eigenvalue weighted by molar-refractivity contribution is 7.80. The zero-order chi connectivity index (χ0) is 19.1. The van der Waals surface area contributed by atoms with Gasteiger partial charge in [-0.15, -0.1) is 0 Å². The standard InChI is InChI=1S/C25H50S/c1-3-5-7-9-11-13-15-17-19-21-23-25(26)24-22-20-18-16-14-12-10-8-6-4-2/h3-24H2,1-2H3.